The van der Waals surface area contributed by atoms with Gasteiger partial charge in [0.2, 0.25) is 0 Å². The molecule has 0 spiro atoms. The summed E-state index contributed by atoms with van der Waals surface area (Å²) in [6.07, 6.45) is 0. The van der Waals surface area contributed by atoms with E-state index < -0.39 is 11.6 Å². The fourth-order valence-corrected chi connectivity index (χ4v) is 1.64. The summed E-state index contributed by atoms with van der Waals surface area (Å²) in [5, 5.41) is 0. The lowest BCUT2D eigenvalue weighted by Crippen LogP contribution is -2.10. The van der Waals surface area contributed by atoms with Gasteiger partial charge < -0.3 is 15.2 Å². The van der Waals surface area contributed by atoms with Crippen molar-refractivity contribution < 1.29 is 18.3 Å². The highest BCUT2D eigenvalue weighted by molar-refractivity contribution is 5.49. The Kier molecular flexibility index (Phi) is 4.40. The summed E-state index contributed by atoms with van der Waals surface area (Å²) in [6.45, 7) is 2.29. The maximum atomic E-state index is 13.3. The molecule has 2 aromatic rings. The summed E-state index contributed by atoms with van der Waals surface area (Å²) in [7, 11) is 0. The van der Waals surface area contributed by atoms with Crippen LogP contribution in [-0.2, 0) is 0 Å². The number of aryl methyl sites for hydroxylation is 1. The van der Waals surface area contributed by atoms with E-state index >= 15 is 0 Å². The van der Waals surface area contributed by atoms with Crippen LogP contribution in [0.15, 0.2) is 36.4 Å². The Bertz CT molecular complexity index is 602. The van der Waals surface area contributed by atoms with Crippen molar-refractivity contribution in [3.8, 4) is 11.5 Å². The largest absolute Gasteiger partial charge is 0.490 e. The summed E-state index contributed by atoms with van der Waals surface area (Å²) >= 11 is 0. The van der Waals surface area contributed by atoms with E-state index in [4.69, 9.17) is 15.2 Å². The number of nitrogens with two attached hydrogens (primary N) is 1. The maximum absolute atomic E-state index is 13.3. The van der Waals surface area contributed by atoms with Crippen LogP contribution in [0, 0.1) is 18.6 Å². The van der Waals surface area contributed by atoms with Gasteiger partial charge in [0, 0.05) is 11.8 Å². The van der Waals surface area contributed by atoms with Gasteiger partial charge in [0.25, 0.3) is 0 Å². The van der Waals surface area contributed by atoms with Crippen LogP contribution in [0.2, 0.25) is 0 Å². The minimum Gasteiger partial charge on any atom is -0.490 e. The normalized spacial score (nSPS) is 10.3. The molecule has 20 heavy (non-hydrogen) atoms. The van der Waals surface area contributed by atoms with Crippen LogP contribution in [0.3, 0.4) is 0 Å². The Morgan fingerprint density at radius 3 is 2.45 bits per heavy atom. The molecule has 0 amide bonds. The molecule has 0 bridgehead atoms. The first-order chi connectivity index (χ1) is 9.56. The molecule has 2 rings (SSSR count). The molecule has 0 aromatic heterocycles. The van der Waals surface area contributed by atoms with Crippen molar-refractivity contribution in [2.75, 3.05) is 18.9 Å². The van der Waals surface area contributed by atoms with Crippen molar-refractivity contribution in [2.24, 2.45) is 0 Å². The van der Waals surface area contributed by atoms with Gasteiger partial charge in [0.15, 0.2) is 11.6 Å². The summed E-state index contributed by atoms with van der Waals surface area (Å²) < 4.78 is 36.6. The number of hydrogen-bond donors (Lipinski definition) is 1. The molecule has 5 heteroatoms. The molecule has 0 aliphatic carbocycles. The molecule has 0 saturated heterocycles. The zero-order valence-corrected chi connectivity index (χ0v) is 11.0. The second-order valence-electron chi connectivity index (χ2n) is 4.29. The molecule has 0 aliphatic rings. The van der Waals surface area contributed by atoms with Gasteiger partial charge in [-0.15, -0.1) is 0 Å². The highest BCUT2D eigenvalue weighted by Crippen LogP contribution is 2.19. The van der Waals surface area contributed by atoms with Gasteiger partial charge in [-0.25, -0.2) is 8.78 Å². The lowest BCUT2D eigenvalue weighted by Gasteiger charge is -2.10. The summed E-state index contributed by atoms with van der Waals surface area (Å²) in [5.41, 5.74) is 7.32. The Morgan fingerprint density at radius 2 is 1.75 bits per heavy atom. The van der Waals surface area contributed by atoms with Crippen molar-refractivity contribution >= 4 is 5.69 Å². The second kappa shape index (κ2) is 6.23. The number of ether oxygens (including phenoxy) is 2. The quantitative estimate of drug-likeness (QED) is 0.674. The molecule has 0 aliphatic heterocycles. The zero-order valence-electron chi connectivity index (χ0n) is 11.0. The standard InChI is InChI=1S/C15H15F2NO2/c1-10-8-12(3-4-14(10)18)19-6-7-20-15-5-2-11(16)9-13(15)17/h2-5,8-9H,6-7,18H2,1H3. The van der Waals surface area contributed by atoms with E-state index in [2.05, 4.69) is 0 Å². The van der Waals surface area contributed by atoms with Crippen LogP contribution < -0.4 is 15.2 Å². The Labute approximate surface area is 115 Å². The van der Waals surface area contributed by atoms with E-state index in [9.17, 15) is 8.78 Å². The fourth-order valence-electron chi connectivity index (χ4n) is 1.64. The summed E-state index contributed by atoms with van der Waals surface area (Å²) in [4.78, 5) is 0. The SMILES string of the molecule is Cc1cc(OCCOc2ccc(F)cc2F)ccc1N. The number of nitrogen functional groups attached to an aromatic ring is 1. The summed E-state index contributed by atoms with van der Waals surface area (Å²) in [6, 6.07) is 8.49. The third-order valence-electron chi connectivity index (χ3n) is 2.74. The van der Waals surface area contributed by atoms with Gasteiger partial charge in [0.05, 0.1) is 0 Å². The molecule has 0 unspecified atom stereocenters. The van der Waals surface area contributed by atoms with Crippen LogP contribution in [0.5, 0.6) is 11.5 Å². The number of anilines is 1. The van der Waals surface area contributed by atoms with Crippen molar-refractivity contribution in [1.29, 1.82) is 0 Å². The smallest absolute Gasteiger partial charge is 0.167 e. The number of benzene rings is 2. The van der Waals surface area contributed by atoms with E-state index in [1.807, 2.05) is 13.0 Å². The minimum absolute atomic E-state index is 0.00323. The molecular formula is C15H15F2NO2. The second-order valence-corrected chi connectivity index (χ2v) is 4.29. The highest BCUT2D eigenvalue weighted by atomic mass is 19.1. The van der Waals surface area contributed by atoms with E-state index in [1.165, 1.54) is 6.07 Å². The predicted molar refractivity (Wildman–Crippen MR) is 72.9 cm³/mol. The van der Waals surface area contributed by atoms with Crippen LogP contribution in [0.25, 0.3) is 0 Å². The predicted octanol–water partition coefficient (Wildman–Crippen LogP) is 3.31. The Morgan fingerprint density at radius 1 is 1.00 bits per heavy atom. The number of rotatable bonds is 5. The highest BCUT2D eigenvalue weighted by Gasteiger charge is 2.04. The van der Waals surface area contributed by atoms with Crippen LogP contribution >= 0.6 is 0 Å². The molecule has 0 heterocycles. The monoisotopic (exact) mass is 279 g/mol. The van der Waals surface area contributed by atoms with E-state index in [-0.39, 0.29) is 19.0 Å². The lowest BCUT2D eigenvalue weighted by atomic mass is 10.2. The zero-order chi connectivity index (χ0) is 14.5. The third kappa shape index (κ3) is 3.60. The lowest BCUT2D eigenvalue weighted by molar-refractivity contribution is 0.211. The van der Waals surface area contributed by atoms with Gasteiger partial charge in [-0.3, -0.25) is 0 Å². The molecular weight excluding hydrogens is 264 g/mol. The molecule has 0 fully saturated rings. The molecule has 0 radical (unpaired) electrons. The number of hydrogen-bond acceptors (Lipinski definition) is 3. The Balaban J connectivity index is 1.82. The van der Waals surface area contributed by atoms with E-state index in [0.717, 1.165) is 17.7 Å². The molecule has 0 saturated carbocycles. The van der Waals surface area contributed by atoms with Crippen LogP contribution in [-0.4, -0.2) is 13.2 Å². The molecule has 2 aromatic carbocycles. The topological polar surface area (TPSA) is 44.5 Å². The van der Waals surface area contributed by atoms with Crippen molar-refractivity contribution in [2.45, 2.75) is 6.92 Å². The van der Waals surface area contributed by atoms with Crippen LogP contribution in [0.1, 0.15) is 5.56 Å². The van der Waals surface area contributed by atoms with Gasteiger partial charge >= 0.3 is 0 Å². The van der Waals surface area contributed by atoms with Crippen molar-refractivity contribution in [1.82, 2.24) is 0 Å². The van der Waals surface area contributed by atoms with Gasteiger partial charge in [-0.2, -0.15) is 0 Å². The first-order valence-corrected chi connectivity index (χ1v) is 6.13. The van der Waals surface area contributed by atoms with Crippen LogP contribution in [0.4, 0.5) is 14.5 Å². The molecule has 0 atom stereocenters. The first kappa shape index (κ1) is 14.1. The molecule has 3 nitrogen and oxygen atoms in total. The summed E-state index contributed by atoms with van der Waals surface area (Å²) in [5.74, 6) is -0.694. The number of halogens is 2. The van der Waals surface area contributed by atoms with Crippen molar-refractivity contribution in [3.63, 3.8) is 0 Å². The van der Waals surface area contributed by atoms with Crippen molar-refractivity contribution in [3.05, 3.63) is 53.6 Å². The first-order valence-electron chi connectivity index (χ1n) is 6.13. The van der Waals surface area contributed by atoms with Gasteiger partial charge in [-0.05, 0) is 42.8 Å². The average molecular weight is 279 g/mol. The molecule has 2 N–H and O–H groups in total. The third-order valence-corrected chi connectivity index (χ3v) is 2.74. The van der Waals surface area contributed by atoms with E-state index in [0.29, 0.717) is 11.4 Å². The average Bonchev–Trinajstić information content (AvgIpc) is 2.40. The van der Waals surface area contributed by atoms with Gasteiger partial charge in [0.1, 0.15) is 24.8 Å². The molecule has 106 valence electrons. The fraction of sp³-hybridized carbons (Fsp3) is 0.200. The van der Waals surface area contributed by atoms with Gasteiger partial charge in [-0.1, -0.05) is 0 Å². The van der Waals surface area contributed by atoms with E-state index in [1.54, 1.807) is 12.1 Å². The minimum atomic E-state index is -0.728. The maximum Gasteiger partial charge on any atom is 0.167 e. The Hall–Kier alpha value is -2.30.